The van der Waals surface area contributed by atoms with Crippen LogP contribution in [0.2, 0.25) is 10.0 Å². The van der Waals surface area contributed by atoms with E-state index in [2.05, 4.69) is 10.3 Å². The molecular formula is C19H14Cl2FN3O2. The Morgan fingerprint density at radius 3 is 2.59 bits per heavy atom. The number of nitrogens with two attached hydrogens (primary N) is 1. The van der Waals surface area contributed by atoms with Gasteiger partial charge in [0, 0.05) is 11.8 Å². The highest BCUT2D eigenvalue weighted by molar-refractivity contribution is 6.44. The van der Waals surface area contributed by atoms with Crippen molar-refractivity contribution in [1.29, 1.82) is 0 Å². The van der Waals surface area contributed by atoms with Crippen LogP contribution in [-0.2, 0) is 6.61 Å². The van der Waals surface area contributed by atoms with E-state index < -0.39 is 6.03 Å². The van der Waals surface area contributed by atoms with E-state index in [9.17, 15) is 9.18 Å². The predicted octanol–water partition coefficient (Wildman–Crippen LogP) is 5.26. The molecule has 0 spiro atoms. The third-order valence-electron chi connectivity index (χ3n) is 3.67. The first-order valence-electron chi connectivity index (χ1n) is 7.83. The van der Waals surface area contributed by atoms with E-state index in [1.807, 2.05) is 0 Å². The van der Waals surface area contributed by atoms with Crippen LogP contribution in [0, 0.1) is 5.82 Å². The molecule has 3 aromatic rings. The Labute approximate surface area is 164 Å². The molecule has 0 radical (unpaired) electrons. The monoisotopic (exact) mass is 405 g/mol. The van der Waals surface area contributed by atoms with Crippen LogP contribution in [0.15, 0.2) is 54.7 Å². The van der Waals surface area contributed by atoms with Gasteiger partial charge in [0.2, 0.25) is 0 Å². The van der Waals surface area contributed by atoms with E-state index in [-0.39, 0.29) is 22.5 Å². The highest BCUT2D eigenvalue weighted by Crippen LogP contribution is 2.42. The molecule has 3 rings (SSSR count). The summed E-state index contributed by atoms with van der Waals surface area (Å²) in [4.78, 5) is 15.6. The summed E-state index contributed by atoms with van der Waals surface area (Å²) in [6, 6.07) is 11.7. The van der Waals surface area contributed by atoms with Gasteiger partial charge in [-0.1, -0.05) is 35.3 Å². The first kappa shape index (κ1) is 18.9. The zero-order chi connectivity index (χ0) is 19.4. The van der Waals surface area contributed by atoms with Gasteiger partial charge in [-0.15, -0.1) is 0 Å². The Hall–Kier alpha value is -2.83. The number of anilines is 1. The number of pyridine rings is 1. The molecule has 0 saturated heterocycles. The van der Waals surface area contributed by atoms with Crippen molar-refractivity contribution in [3.8, 4) is 17.0 Å². The molecule has 138 valence electrons. The molecule has 5 nitrogen and oxygen atoms in total. The predicted molar refractivity (Wildman–Crippen MR) is 104 cm³/mol. The average Bonchev–Trinajstić information content (AvgIpc) is 2.65. The quantitative estimate of drug-likeness (QED) is 0.607. The minimum Gasteiger partial charge on any atom is -0.487 e. The zero-order valence-electron chi connectivity index (χ0n) is 13.9. The first-order chi connectivity index (χ1) is 13.0. The maximum atomic E-state index is 13.0. The Morgan fingerprint density at radius 1 is 1.15 bits per heavy atom. The van der Waals surface area contributed by atoms with Gasteiger partial charge in [-0.2, -0.15) is 0 Å². The maximum Gasteiger partial charge on any atom is 0.316 e. The SMILES string of the molecule is NC(=O)Nc1ccc(Cl)c(Cl)c1-c1ncccc1OCc1ccc(F)cc1. The number of hydrogen-bond donors (Lipinski definition) is 2. The lowest BCUT2D eigenvalue weighted by atomic mass is 10.1. The topological polar surface area (TPSA) is 77.2 Å². The van der Waals surface area contributed by atoms with E-state index in [1.165, 1.54) is 12.1 Å². The molecule has 0 bridgehead atoms. The number of nitrogens with one attached hydrogen (secondary N) is 1. The number of rotatable bonds is 5. The van der Waals surface area contributed by atoms with Crippen molar-refractivity contribution >= 4 is 34.9 Å². The Bertz CT molecular complexity index is 981. The minimum absolute atomic E-state index is 0.190. The summed E-state index contributed by atoms with van der Waals surface area (Å²) < 4.78 is 18.9. The lowest BCUT2D eigenvalue weighted by Gasteiger charge is -2.16. The molecule has 0 unspecified atom stereocenters. The second-order valence-electron chi connectivity index (χ2n) is 5.54. The molecule has 0 aliphatic carbocycles. The molecule has 1 heterocycles. The molecule has 2 amide bonds. The largest absolute Gasteiger partial charge is 0.487 e. The highest BCUT2D eigenvalue weighted by atomic mass is 35.5. The molecule has 27 heavy (non-hydrogen) atoms. The maximum absolute atomic E-state index is 13.0. The number of nitrogens with zero attached hydrogens (tertiary/aromatic N) is 1. The van der Waals surface area contributed by atoms with Gasteiger partial charge in [0.25, 0.3) is 0 Å². The molecule has 1 aromatic heterocycles. The summed E-state index contributed by atoms with van der Waals surface area (Å²) in [5, 5.41) is 3.00. The summed E-state index contributed by atoms with van der Waals surface area (Å²) >= 11 is 12.5. The molecule has 0 saturated carbocycles. The van der Waals surface area contributed by atoms with Crippen molar-refractivity contribution in [2.75, 3.05) is 5.32 Å². The molecule has 0 aliphatic rings. The highest BCUT2D eigenvalue weighted by Gasteiger charge is 2.19. The number of benzene rings is 2. The number of carbonyl (C=O) groups excluding carboxylic acids is 1. The third-order valence-corrected chi connectivity index (χ3v) is 4.47. The first-order valence-corrected chi connectivity index (χ1v) is 8.58. The van der Waals surface area contributed by atoms with Gasteiger partial charge in [-0.3, -0.25) is 4.98 Å². The molecule has 3 N–H and O–H groups in total. The van der Waals surface area contributed by atoms with Crippen molar-refractivity contribution in [3.05, 3.63) is 76.2 Å². The van der Waals surface area contributed by atoms with Crippen molar-refractivity contribution < 1.29 is 13.9 Å². The van der Waals surface area contributed by atoms with Crippen molar-refractivity contribution in [3.63, 3.8) is 0 Å². The standard InChI is InChI=1S/C19H14Cl2FN3O2/c20-13-7-8-14(25-19(23)26)16(17(13)21)18-15(2-1-9-24-18)27-10-11-3-5-12(22)6-4-11/h1-9H,10H2,(H3,23,25,26). The Balaban J connectivity index is 1.99. The number of hydrogen-bond acceptors (Lipinski definition) is 3. The fourth-order valence-electron chi connectivity index (χ4n) is 2.46. The van der Waals surface area contributed by atoms with Gasteiger partial charge in [-0.25, -0.2) is 9.18 Å². The molecule has 2 aromatic carbocycles. The van der Waals surface area contributed by atoms with E-state index in [0.717, 1.165) is 5.56 Å². The van der Waals surface area contributed by atoms with Crippen LogP contribution in [-0.4, -0.2) is 11.0 Å². The molecule has 0 fully saturated rings. The van der Waals surface area contributed by atoms with Gasteiger partial charge < -0.3 is 15.8 Å². The van der Waals surface area contributed by atoms with Crippen LogP contribution >= 0.6 is 23.2 Å². The number of primary amides is 1. The van der Waals surface area contributed by atoms with Crippen LogP contribution in [0.3, 0.4) is 0 Å². The molecule has 0 atom stereocenters. The number of ether oxygens (including phenoxy) is 1. The van der Waals surface area contributed by atoms with Crippen molar-refractivity contribution in [2.45, 2.75) is 6.61 Å². The van der Waals surface area contributed by atoms with Crippen molar-refractivity contribution in [1.82, 2.24) is 4.98 Å². The van der Waals surface area contributed by atoms with E-state index in [0.29, 0.717) is 22.7 Å². The van der Waals surface area contributed by atoms with E-state index >= 15 is 0 Å². The minimum atomic E-state index is -0.751. The molecular weight excluding hydrogens is 392 g/mol. The van der Waals surface area contributed by atoms with Crippen LogP contribution in [0.25, 0.3) is 11.3 Å². The van der Waals surface area contributed by atoms with E-state index in [4.69, 9.17) is 33.7 Å². The van der Waals surface area contributed by atoms with Crippen LogP contribution in [0.4, 0.5) is 14.9 Å². The fourth-order valence-corrected chi connectivity index (χ4v) is 2.87. The van der Waals surface area contributed by atoms with Crippen molar-refractivity contribution in [2.24, 2.45) is 5.73 Å². The lowest BCUT2D eigenvalue weighted by Crippen LogP contribution is -2.20. The molecule has 8 heteroatoms. The fraction of sp³-hybridized carbons (Fsp3) is 0.0526. The summed E-state index contributed by atoms with van der Waals surface area (Å²) in [5.74, 6) is 0.0900. The second kappa shape index (κ2) is 8.24. The Kier molecular flexibility index (Phi) is 5.78. The number of halogens is 3. The summed E-state index contributed by atoms with van der Waals surface area (Å²) in [5.41, 5.74) is 7.13. The van der Waals surface area contributed by atoms with Crippen LogP contribution in [0.5, 0.6) is 5.75 Å². The van der Waals surface area contributed by atoms with Gasteiger partial charge in [0.1, 0.15) is 23.9 Å². The van der Waals surface area contributed by atoms with Gasteiger partial charge >= 0.3 is 6.03 Å². The summed E-state index contributed by atoms with van der Waals surface area (Å²) in [6.45, 7) is 0.190. The number of aromatic nitrogens is 1. The lowest BCUT2D eigenvalue weighted by molar-refractivity contribution is 0.259. The van der Waals surface area contributed by atoms with Gasteiger partial charge in [0.15, 0.2) is 0 Å². The number of amides is 2. The van der Waals surface area contributed by atoms with Gasteiger partial charge in [0.05, 0.1) is 15.7 Å². The normalized spacial score (nSPS) is 10.5. The average molecular weight is 406 g/mol. The number of urea groups is 1. The smallest absolute Gasteiger partial charge is 0.316 e. The van der Waals surface area contributed by atoms with Gasteiger partial charge in [-0.05, 0) is 42.0 Å². The van der Waals surface area contributed by atoms with E-state index in [1.54, 1.807) is 42.6 Å². The summed E-state index contributed by atoms with van der Waals surface area (Å²) in [7, 11) is 0. The number of carbonyl (C=O) groups is 1. The molecule has 0 aliphatic heterocycles. The second-order valence-corrected chi connectivity index (χ2v) is 6.32. The van der Waals surface area contributed by atoms with Crippen LogP contribution < -0.4 is 15.8 Å². The zero-order valence-corrected chi connectivity index (χ0v) is 15.4. The Morgan fingerprint density at radius 2 is 1.89 bits per heavy atom. The van der Waals surface area contributed by atoms with Crippen LogP contribution in [0.1, 0.15) is 5.56 Å². The third kappa shape index (κ3) is 4.48. The summed E-state index contributed by atoms with van der Waals surface area (Å²) in [6.07, 6.45) is 1.56.